The first-order chi connectivity index (χ1) is 10.2. The van der Waals surface area contributed by atoms with E-state index >= 15 is 0 Å². The third kappa shape index (κ3) is 6.06. The lowest BCUT2D eigenvalue weighted by atomic mass is 9.99. The van der Waals surface area contributed by atoms with Crippen molar-refractivity contribution in [2.24, 2.45) is 10.2 Å². The molecule has 0 heterocycles. The maximum Gasteiger partial charge on any atom is 0.249 e. The maximum atomic E-state index is 11.6. The molecule has 2 saturated carbocycles. The summed E-state index contributed by atoms with van der Waals surface area (Å²) in [7, 11) is 0. The van der Waals surface area contributed by atoms with Crippen molar-refractivity contribution in [1.82, 2.24) is 10.9 Å². The van der Waals surface area contributed by atoms with Crippen LogP contribution in [0.5, 0.6) is 0 Å². The molecule has 0 spiro atoms. The Balaban J connectivity index is 1.68. The number of hydrazone groups is 2. The average molecular weight is 292 g/mol. The zero-order valence-electron chi connectivity index (χ0n) is 12.5. The zero-order valence-corrected chi connectivity index (χ0v) is 12.5. The first-order valence-corrected chi connectivity index (χ1v) is 7.92. The van der Waals surface area contributed by atoms with E-state index < -0.39 is 0 Å². The molecule has 0 saturated heterocycles. The Morgan fingerprint density at radius 1 is 0.714 bits per heavy atom. The van der Waals surface area contributed by atoms with E-state index in [1.165, 1.54) is 12.8 Å². The van der Waals surface area contributed by atoms with Gasteiger partial charge in [-0.05, 0) is 51.4 Å². The number of rotatable bonds is 4. The van der Waals surface area contributed by atoms with Crippen molar-refractivity contribution in [1.29, 1.82) is 0 Å². The number of nitrogens with zero attached hydrogens (tertiary/aromatic N) is 2. The highest BCUT2D eigenvalue weighted by Gasteiger charge is 2.11. The molecule has 0 aromatic rings. The second-order valence-electron chi connectivity index (χ2n) is 5.72. The Bertz CT molecular complexity index is 387. The molecule has 0 bridgehead atoms. The van der Waals surface area contributed by atoms with Gasteiger partial charge in [0.05, 0.1) is 0 Å². The fraction of sp³-hybridized carbons (Fsp3) is 0.733. The predicted octanol–water partition coefficient (Wildman–Crippen LogP) is 2.25. The van der Waals surface area contributed by atoms with Gasteiger partial charge in [-0.2, -0.15) is 10.2 Å². The van der Waals surface area contributed by atoms with Gasteiger partial charge < -0.3 is 0 Å². The Morgan fingerprint density at radius 3 is 1.48 bits per heavy atom. The molecule has 0 aromatic carbocycles. The summed E-state index contributed by atoms with van der Waals surface area (Å²) in [6, 6.07) is 0. The number of hydrogen-bond acceptors (Lipinski definition) is 4. The Morgan fingerprint density at radius 2 is 1.10 bits per heavy atom. The van der Waals surface area contributed by atoms with E-state index in [4.69, 9.17) is 0 Å². The van der Waals surface area contributed by atoms with Gasteiger partial charge in [-0.25, -0.2) is 10.9 Å². The summed E-state index contributed by atoms with van der Waals surface area (Å²) < 4.78 is 0. The summed E-state index contributed by atoms with van der Waals surface area (Å²) in [5, 5.41) is 8.17. The van der Waals surface area contributed by atoms with E-state index in [-0.39, 0.29) is 18.2 Å². The van der Waals surface area contributed by atoms with Crippen molar-refractivity contribution in [3.05, 3.63) is 0 Å². The summed E-state index contributed by atoms with van der Waals surface area (Å²) in [4.78, 5) is 23.2. The van der Waals surface area contributed by atoms with Crippen LogP contribution in [0.15, 0.2) is 10.2 Å². The van der Waals surface area contributed by atoms with Gasteiger partial charge in [0.2, 0.25) is 11.8 Å². The standard InChI is InChI=1S/C15H24N4O2/c20-14(18-16-12-7-3-1-4-8-12)11-15(21)19-17-13-9-5-2-6-10-13/h1-11H2,(H,18,20)(H,19,21). The highest BCUT2D eigenvalue weighted by molar-refractivity contribution is 5.98. The molecule has 6 nitrogen and oxygen atoms in total. The Hall–Kier alpha value is -1.72. The molecule has 0 aromatic heterocycles. The highest BCUT2D eigenvalue weighted by Crippen LogP contribution is 2.14. The van der Waals surface area contributed by atoms with E-state index in [0.717, 1.165) is 62.8 Å². The second-order valence-corrected chi connectivity index (χ2v) is 5.72. The Labute approximate surface area is 125 Å². The molecular weight excluding hydrogens is 268 g/mol. The first-order valence-electron chi connectivity index (χ1n) is 7.92. The van der Waals surface area contributed by atoms with Gasteiger partial charge in [0.1, 0.15) is 6.42 Å². The van der Waals surface area contributed by atoms with Crippen molar-refractivity contribution in [3.63, 3.8) is 0 Å². The van der Waals surface area contributed by atoms with Crippen LogP contribution >= 0.6 is 0 Å². The molecule has 21 heavy (non-hydrogen) atoms. The van der Waals surface area contributed by atoms with Crippen LogP contribution in [0.4, 0.5) is 0 Å². The molecule has 0 unspecified atom stereocenters. The maximum absolute atomic E-state index is 11.6. The van der Waals surface area contributed by atoms with Crippen molar-refractivity contribution >= 4 is 23.2 Å². The summed E-state index contributed by atoms with van der Waals surface area (Å²) >= 11 is 0. The smallest absolute Gasteiger partial charge is 0.249 e. The van der Waals surface area contributed by atoms with Gasteiger partial charge in [-0.15, -0.1) is 0 Å². The SMILES string of the molecule is O=C(CC(=O)NN=C1CCCCC1)NN=C1CCCCC1. The molecule has 2 rings (SSSR count). The lowest BCUT2D eigenvalue weighted by molar-refractivity contribution is -0.129. The largest absolute Gasteiger partial charge is 0.273 e. The molecule has 116 valence electrons. The van der Waals surface area contributed by atoms with E-state index in [0.29, 0.717) is 0 Å². The van der Waals surface area contributed by atoms with Crippen LogP contribution in [-0.2, 0) is 9.59 Å². The van der Waals surface area contributed by atoms with Crippen molar-refractivity contribution in [3.8, 4) is 0 Å². The number of carbonyl (C=O) groups excluding carboxylic acids is 2. The van der Waals surface area contributed by atoms with Gasteiger partial charge in [0.15, 0.2) is 0 Å². The van der Waals surface area contributed by atoms with Crippen molar-refractivity contribution in [2.45, 2.75) is 70.6 Å². The van der Waals surface area contributed by atoms with Crippen LogP contribution in [0.3, 0.4) is 0 Å². The molecule has 2 N–H and O–H groups in total. The summed E-state index contributed by atoms with van der Waals surface area (Å²) in [6.07, 6.45) is 10.5. The quantitative estimate of drug-likeness (QED) is 0.615. The molecular formula is C15H24N4O2. The highest BCUT2D eigenvalue weighted by atomic mass is 16.2. The van der Waals surface area contributed by atoms with Crippen molar-refractivity contribution in [2.75, 3.05) is 0 Å². The van der Waals surface area contributed by atoms with Crippen LogP contribution in [0.1, 0.15) is 70.6 Å². The van der Waals surface area contributed by atoms with Crippen molar-refractivity contribution < 1.29 is 9.59 Å². The van der Waals surface area contributed by atoms with Gasteiger partial charge in [-0.3, -0.25) is 9.59 Å². The summed E-state index contributed by atoms with van der Waals surface area (Å²) in [5.74, 6) is -0.760. The number of nitrogens with one attached hydrogen (secondary N) is 2. The molecule has 2 aliphatic rings. The van der Waals surface area contributed by atoms with Crippen LogP contribution in [-0.4, -0.2) is 23.2 Å². The molecule has 2 aliphatic carbocycles. The number of amides is 2. The van der Waals surface area contributed by atoms with Crippen LogP contribution in [0.25, 0.3) is 0 Å². The molecule has 2 amide bonds. The fourth-order valence-electron chi connectivity index (χ4n) is 2.65. The number of hydrogen-bond donors (Lipinski definition) is 2. The third-order valence-electron chi connectivity index (χ3n) is 3.86. The molecule has 2 fully saturated rings. The average Bonchev–Trinajstić information content (AvgIpc) is 2.53. The lowest BCUT2D eigenvalue weighted by Crippen LogP contribution is -2.28. The van der Waals surface area contributed by atoms with Gasteiger partial charge in [0.25, 0.3) is 0 Å². The monoisotopic (exact) mass is 292 g/mol. The van der Waals surface area contributed by atoms with E-state index in [2.05, 4.69) is 21.1 Å². The van der Waals surface area contributed by atoms with Gasteiger partial charge in [0, 0.05) is 11.4 Å². The topological polar surface area (TPSA) is 82.9 Å². The Kier molecular flexibility index (Phi) is 6.37. The van der Waals surface area contributed by atoms with Gasteiger partial charge >= 0.3 is 0 Å². The molecule has 6 heteroatoms. The minimum atomic E-state index is -0.380. The van der Waals surface area contributed by atoms with E-state index in [1.807, 2.05) is 0 Å². The zero-order chi connectivity index (χ0) is 14.9. The van der Waals surface area contributed by atoms with E-state index in [1.54, 1.807) is 0 Å². The summed E-state index contributed by atoms with van der Waals surface area (Å²) in [5.41, 5.74) is 6.97. The van der Waals surface area contributed by atoms with Crippen LogP contribution in [0, 0.1) is 0 Å². The van der Waals surface area contributed by atoms with Crippen LogP contribution in [0.2, 0.25) is 0 Å². The number of carbonyl (C=O) groups is 2. The predicted molar refractivity (Wildman–Crippen MR) is 81.9 cm³/mol. The lowest BCUT2D eigenvalue weighted by Gasteiger charge is -2.12. The van der Waals surface area contributed by atoms with E-state index in [9.17, 15) is 9.59 Å². The summed E-state index contributed by atoms with van der Waals surface area (Å²) in [6.45, 7) is 0. The van der Waals surface area contributed by atoms with Gasteiger partial charge in [-0.1, -0.05) is 12.8 Å². The normalized spacial score (nSPS) is 18.9. The minimum Gasteiger partial charge on any atom is -0.273 e. The second kappa shape index (κ2) is 8.54. The van der Waals surface area contributed by atoms with Crippen LogP contribution < -0.4 is 10.9 Å². The molecule has 0 aliphatic heterocycles. The fourth-order valence-corrected chi connectivity index (χ4v) is 2.65. The first kappa shape index (κ1) is 15.7. The third-order valence-corrected chi connectivity index (χ3v) is 3.86. The molecule has 0 radical (unpaired) electrons. The minimum absolute atomic E-state index is 0.229. The molecule has 0 atom stereocenters.